The van der Waals surface area contributed by atoms with Crippen molar-refractivity contribution in [3.05, 3.63) is 72.2 Å². The van der Waals surface area contributed by atoms with Crippen molar-refractivity contribution in [2.75, 3.05) is 13.1 Å². The second-order valence-corrected chi connectivity index (χ2v) is 8.02. The number of nitrogens with zero attached hydrogens (tertiary/aromatic N) is 3. The summed E-state index contributed by atoms with van der Waals surface area (Å²) < 4.78 is 2.06. The third-order valence-electron chi connectivity index (χ3n) is 6.40. The van der Waals surface area contributed by atoms with Crippen LogP contribution >= 0.6 is 0 Å². The maximum absolute atomic E-state index is 12.9. The number of nitrogens with one attached hydrogen (secondary N) is 1. The average molecular weight is 388 g/mol. The number of imidazole rings is 1. The highest BCUT2D eigenvalue weighted by atomic mass is 16.2. The SMILES string of the molecule is O=C1CC[C@H](C(=O)N2CCC(c3ccccc3)(c3cn4ccccc4n3)CC2)N1. The first-order valence-electron chi connectivity index (χ1n) is 10.2. The minimum atomic E-state index is -0.359. The van der Waals surface area contributed by atoms with Gasteiger partial charge in [-0.1, -0.05) is 36.4 Å². The molecule has 6 nitrogen and oxygen atoms in total. The van der Waals surface area contributed by atoms with E-state index >= 15 is 0 Å². The lowest BCUT2D eigenvalue weighted by Crippen LogP contribution is -2.51. The van der Waals surface area contributed by atoms with Gasteiger partial charge in [-0.15, -0.1) is 0 Å². The molecule has 2 fully saturated rings. The summed E-state index contributed by atoms with van der Waals surface area (Å²) in [6.07, 6.45) is 6.81. The summed E-state index contributed by atoms with van der Waals surface area (Å²) in [7, 11) is 0. The van der Waals surface area contributed by atoms with E-state index in [1.165, 1.54) is 5.56 Å². The molecule has 2 aliphatic heterocycles. The molecule has 0 unspecified atom stereocenters. The summed E-state index contributed by atoms with van der Waals surface area (Å²) in [5.74, 6) is 0.0243. The number of carbonyl (C=O) groups is 2. The number of carbonyl (C=O) groups excluding carboxylic acids is 2. The molecule has 4 heterocycles. The monoisotopic (exact) mass is 388 g/mol. The first kappa shape index (κ1) is 17.9. The van der Waals surface area contributed by atoms with Gasteiger partial charge in [0.15, 0.2) is 0 Å². The molecule has 2 aromatic heterocycles. The Morgan fingerprint density at radius 1 is 1.07 bits per heavy atom. The van der Waals surface area contributed by atoms with Gasteiger partial charge < -0.3 is 14.6 Å². The van der Waals surface area contributed by atoms with Crippen LogP contribution in [0.4, 0.5) is 0 Å². The summed E-state index contributed by atoms with van der Waals surface area (Å²) in [5.41, 5.74) is 3.01. The number of amides is 2. The maximum atomic E-state index is 12.9. The molecular weight excluding hydrogens is 364 g/mol. The Morgan fingerprint density at radius 3 is 2.52 bits per heavy atom. The quantitative estimate of drug-likeness (QED) is 0.750. The van der Waals surface area contributed by atoms with Crippen LogP contribution in [0.15, 0.2) is 60.9 Å². The summed E-state index contributed by atoms with van der Waals surface area (Å²) in [5, 5.41) is 2.81. The zero-order valence-electron chi connectivity index (χ0n) is 16.3. The Balaban J connectivity index is 1.46. The highest BCUT2D eigenvalue weighted by Gasteiger charge is 2.42. The van der Waals surface area contributed by atoms with E-state index in [1.807, 2.05) is 35.4 Å². The molecule has 5 rings (SSSR count). The van der Waals surface area contributed by atoms with Crippen LogP contribution < -0.4 is 5.32 Å². The molecule has 6 heteroatoms. The number of rotatable bonds is 3. The second kappa shape index (κ2) is 7.03. The number of benzene rings is 1. The van der Waals surface area contributed by atoms with E-state index in [-0.39, 0.29) is 23.3 Å². The molecule has 0 saturated carbocycles. The van der Waals surface area contributed by atoms with E-state index in [9.17, 15) is 9.59 Å². The molecule has 1 atom stereocenters. The van der Waals surface area contributed by atoms with Crippen molar-refractivity contribution in [3.63, 3.8) is 0 Å². The Kier molecular flexibility index (Phi) is 4.34. The fourth-order valence-corrected chi connectivity index (χ4v) is 4.74. The van der Waals surface area contributed by atoms with Crippen LogP contribution in [-0.4, -0.2) is 45.2 Å². The van der Waals surface area contributed by atoms with Crippen molar-refractivity contribution >= 4 is 17.5 Å². The molecule has 0 bridgehead atoms. The molecule has 3 aromatic rings. The van der Waals surface area contributed by atoms with Crippen molar-refractivity contribution in [2.24, 2.45) is 0 Å². The topological polar surface area (TPSA) is 66.7 Å². The van der Waals surface area contributed by atoms with Gasteiger partial charge in [0.05, 0.1) is 5.69 Å². The first-order chi connectivity index (χ1) is 14.2. The van der Waals surface area contributed by atoms with E-state index in [4.69, 9.17) is 4.98 Å². The highest BCUT2D eigenvalue weighted by molar-refractivity contribution is 5.90. The summed E-state index contributed by atoms with van der Waals surface area (Å²) in [6, 6.07) is 16.2. The smallest absolute Gasteiger partial charge is 0.245 e. The van der Waals surface area contributed by atoms with E-state index in [0.29, 0.717) is 25.9 Å². The molecule has 1 N–H and O–H groups in total. The Hall–Kier alpha value is -3.15. The van der Waals surface area contributed by atoms with Crippen molar-refractivity contribution in [1.29, 1.82) is 0 Å². The molecule has 2 amide bonds. The summed E-state index contributed by atoms with van der Waals surface area (Å²) in [4.78, 5) is 31.2. The van der Waals surface area contributed by atoms with Gasteiger partial charge in [-0.05, 0) is 37.0 Å². The third kappa shape index (κ3) is 3.09. The van der Waals surface area contributed by atoms with E-state index in [0.717, 1.165) is 24.2 Å². The van der Waals surface area contributed by atoms with Gasteiger partial charge in [0, 0.05) is 37.3 Å². The predicted molar refractivity (Wildman–Crippen MR) is 109 cm³/mol. The van der Waals surface area contributed by atoms with Gasteiger partial charge in [-0.25, -0.2) is 4.98 Å². The highest BCUT2D eigenvalue weighted by Crippen LogP contribution is 2.41. The minimum absolute atomic E-state index is 0.0244. The van der Waals surface area contributed by atoms with Gasteiger partial charge in [-0.2, -0.15) is 0 Å². The van der Waals surface area contributed by atoms with Crippen LogP contribution in [0.3, 0.4) is 0 Å². The normalized spacial score (nSPS) is 21.3. The number of hydrogen-bond donors (Lipinski definition) is 1. The molecule has 0 spiro atoms. The number of likely N-dealkylation sites (tertiary alicyclic amines) is 1. The van der Waals surface area contributed by atoms with Crippen molar-refractivity contribution in [3.8, 4) is 0 Å². The zero-order valence-corrected chi connectivity index (χ0v) is 16.3. The van der Waals surface area contributed by atoms with Crippen molar-refractivity contribution in [2.45, 2.75) is 37.1 Å². The van der Waals surface area contributed by atoms with Crippen molar-refractivity contribution in [1.82, 2.24) is 19.6 Å². The molecule has 0 aliphatic carbocycles. The number of hydrogen-bond acceptors (Lipinski definition) is 3. The number of piperidine rings is 1. The van der Waals surface area contributed by atoms with Gasteiger partial charge in [-0.3, -0.25) is 9.59 Å². The van der Waals surface area contributed by atoms with Crippen LogP contribution in [0.5, 0.6) is 0 Å². The van der Waals surface area contributed by atoms with Crippen LogP contribution in [0.25, 0.3) is 5.65 Å². The molecular formula is C23H24N4O2. The van der Waals surface area contributed by atoms with Crippen LogP contribution in [0.2, 0.25) is 0 Å². The number of aromatic nitrogens is 2. The molecule has 148 valence electrons. The molecule has 29 heavy (non-hydrogen) atoms. The van der Waals surface area contributed by atoms with E-state index in [2.05, 4.69) is 40.2 Å². The molecule has 2 aliphatic rings. The standard InChI is InChI=1S/C23H24N4O2/c28-21-10-9-18(24-21)22(29)26-14-11-23(12-15-26,17-6-2-1-3-7-17)19-16-27-13-5-4-8-20(27)25-19/h1-8,13,16,18H,9-12,14-15H2,(H,24,28)/t18-/m1/s1. The lowest BCUT2D eigenvalue weighted by molar-refractivity contribution is -0.135. The fraction of sp³-hybridized carbons (Fsp3) is 0.348. The number of pyridine rings is 1. The Bertz CT molecular complexity index is 1020. The summed E-state index contributed by atoms with van der Waals surface area (Å²) >= 11 is 0. The predicted octanol–water partition coefficient (Wildman–Crippen LogP) is 2.52. The fourth-order valence-electron chi connectivity index (χ4n) is 4.74. The second-order valence-electron chi connectivity index (χ2n) is 8.02. The van der Waals surface area contributed by atoms with E-state index in [1.54, 1.807) is 0 Å². The number of fused-ring (bicyclic) bond motifs is 1. The first-order valence-corrected chi connectivity index (χ1v) is 10.2. The maximum Gasteiger partial charge on any atom is 0.245 e. The van der Waals surface area contributed by atoms with Gasteiger partial charge in [0.2, 0.25) is 11.8 Å². The Labute approximate surface area is 169 Å². The Morgan fingerprint density at radius 2 is 1.83 bits per heavy atom. The minimum Gasteiger partial charge on any atom is -0.344 e. The lowest BCUT2D eigenvalue weighted by Gasteiger charge is -2.42. The molecule has 1 aromatic carbocycles. The van der Waals surface area contributed by atoms with Gasteiger partial charge >= 0.3 is 0 Å². The van der Waals surface area contributed by atoms with Gasteiger partial charge in [0.1, 0.15) is 11.7 Å². The lowest BCUT2D eigenvalue weighted by atomic mass is 9.70. The van der Waals surface area contributed by atoms with E-state index < -0.39 is 0 Å². The van der Waals surface area contributed by atoms with Crippen LogP contribution in [0.1, 0.15) is 36.9 Å². The largest absolute Gasteiger partial charge is 0.344 e. The molecule has 2 saturated heterocycles. The van der Waals surface area contributed by atoms with Crippen LogP contribution in [0, 0.1) is 0 Å². The average Bonchev–Trinajstić information content (AvgIpc) is 3.40. The summed E-state index contributed by atoms with van der Waals surface area (Å²) in [6.45, 7) is 1.32. The zero-order chi connectivity index (χ0) is 19.8. The van der Waals surface area contributed by atoms with Crippen molar-refractivity contribution < 1.29 is 9.59 Å². The van der Waals surface area contributed by atoms with Crippen LogP contribution in [-0.2, 0) is 15.0 Å². The van der Waals surface area contributed by atoms with Gasteiger partial charge in [0.25, 0.3) is 0 Å². The third-order valence-corrected chi connectivity index (χ3v) is 6.40. The molecule has 0 radical (unpaired) electrons.